The van der Waals surface area contributed by atoms with Crippen LogP contribution in [-0.4, -0.2) is 87.7 Å². The first kappa shape index (κ1) is 30.9. The summed E-state index contributed by atoms with van der Waals surface area (Å²) in [6.45, 7) is 5.06. The average Bonchev–Trinajstić information content (AvgIpc) is 3.47. The van der Waals surface area contributed by atoms with Gasteiger partial charge >= 0.3 is 0 Å². The van der Waals surface area contributed by atoms with E-state index in [1.54, 1.807) is 43.7 Å². The van der Waals surface area contributed by atoms with E-state index in [1.165, 1.54) is 0 Å². The second-order valence-electron chi connectivity index (χ2n) is 11.0. The Hall–Kier alpha value is -4.10. The number of hydrogen-bond donors (Lipinski definition) is 3. The molecule has 1 fully saturated rings. The standard InChI is InChI=1S/C30H33BrN9O4P/c1-39-15-18(13-35-39)20-11-24(26(43-2)12-25(20)40-9-10-44-19(16-40)17-41)37-30-34-14-21(31)29(38-30)36-23-6-5-22-27(33-8-7-32-22)28(23)45(3,4)42/h5-8,11-15,19,41H,9-10,16-17H2,1-4H3,(H2,34,36,37,38). The van der Waals surface area contributed by atoms with Crippen LogP contribution < -0.4 is 25.6 Å². The zero-order chi connectivity index (χ0) is 31.7. The number of aliphatic hydroxyl groups is 1. The number of aliphatic hydroxyl groups excluding tert-OH is 1. The first-order valence-electron chi connectivity index (χ1n) is 14.2. The molecule has 0 saturated carbocycles. The highest BCUT2D eigenvalue weighted by Crippen LogP contribution is 2.43. The van der Waals surface area contributed by atoms with Gasteiger partial charge in [0.25, 0.3) is 0 Å². The lowest BCUT2D eigenvalue weighted by Gasteiger charge is -2.35. The minimum Gasteiger partial charge on any atom is -0.494 e. The number of fused-ring (bicyclic) bond motifs is 1. The summed E-state index contributed by atoms with van der Waals surface area (Å²) in [5, 5.41) is 21.4. The molecule has 2 aromatic carbocycles. The molecule has 0 radical (unpaired) electrons. The zero-order valence-electron chi connectivity index (χ0n) is 25.2. The van der Waals surface area contributed by atoms with E-state index in [-0.39, 0.29) is 12.7 Å². The van der Waals surface area contributed by atoms with Gasteiger partial charge in [-0.05, 0) is 47.5 Å². The van der Waals surface area contributed by atoms with E-state index >= 15 is 0 Å². The third kappa shape index (κ3) is 6.50. The summed E-state index contributed by atoms with van der Waals surface area (Å²) in [6, 6.07) is 7.62. The van der Waals surface area contributed by atoms with Gasteiger partial charge in [-0.2, -0.15) is 10.1 Å². The maximum atomic E-state index is 13.4. The van der Waals surface area contributed by atoms with Crippen LogP contribution >= 0.6 is 23.1 Å². The molecule has 0 aliphatic carbocycles. The van der Waals surface area contributed by atoms with Crippen molar-refractivity contribution in [2.45, 2.75) is 6.10 Å². The van der Waals surface area contributed by atoms with Gasteiger partial charge in [0.1, 0.15) is 24.2 Å². The van der Waals surface area contributed by atoms with Crippen molar-refractivity contribution in [3.63, 3.8) is 0 Å². The Balaban J connectivity index is 1.38. The fourth-order valence-electron chi connectivity index (χ4n) is 5.37. The van der Waals surface area contributed by atoms with E-state index in [0.717, 1.165) is 16.8 Å². The Morgan fingerprint density at radius 3 is 2.69 bits per heavy atom. The minimum absolute atomic E-state index is 0.0606. The molecule has 13 nitrogen and oxygen atoms in total. The molecule has 6 rings (SSSR count). The Labute approximate surface area is 268 Å². The van der Waals surface area contributed by atoms with Crippen LogP contribution in [0.25, 0.3) is 22.2 Å². The Kier molecular flexibility index (Phi) is 8.74. The Morgan fingerprint density at radius 1 is 1.13 bits per heavy atom. The SMILES string of the molecule is COc1cc(N2CCOC(CO)C2)c(-c2cnn(C)c2)cc1Nc1ncc(Br)c(Nc2ccc3nccnc3c2P(C)(C)=O)n1. The molecule has 3 N–H and O–H groups in total. The van der Waals surface area contributed by atoms with Gasteiger partial charge in [-0.3, -0.25) is 14.6 Å². The molecule has 4 heterocycles. The van der Waals surface area contributed by atoms with E-state index in [9.17, 15) is 9.67 Å². The van der Waals surface area contributed by atoms with Crippen molar-refractivity contribution in [2.75, 3.05) is 62.3 Å². The van der Waals surface area contributed by atoms with E-state index in [1.807, 2.05) is 43.7 Å². The van der Waals surface area contributed by atoms with Crippen molar-refractivity contribution < 1.29 is 19.1 Å². The van der Waals surface area contributed by atoms with Gasteiger partial charge in [-0.25, -0.2) is 4.98 Å². The number of benzene rings is 2. The summed E-state index contributed by atoms with van der Waals surface area (Å²) in [5.41, 5.74) is 5.28. The Bertz CT molecular complexity index is 1910. The highest BCUT2D eigenvalue weighted by molar-refractivity contribution is 9.10. The molecular formula is C30H33BrN9O4P. The summed E-state index contributed by atoms with van der Waals surface area (Å²) >= 11 is 3.56. The van der Waals surface area contributed by atoms with Crippen LogP contribution in [0.2, 0.25) is 0 Å². The molecule has 1 atom stereocenters. The summed E-state index contributed by atoms with van der Waals surface area (Å²) in [5.74, 6) is 1.37. The maximum Gasteiger partial charge on any atom is 0.229 e. The number of hydrogen-bond acceptors (Lipinski definition) is 12. The molecule has 3 aromatic heterocycles. The van der Waals surface area contributed by atoms with Crippen molar-refractivity contribution in [2.24, 2.45) is 7.05 Å². The third-order valence-electron chi connectivity index (χ3n) is 7.41. The number of nitrogens with zero attached hydrogens (tertiary/aromatic N) is 7. The summed E-state index contributed by atoms with van der Waals surface area (Å²) in [7, 11) is 0.705. The fourth-order valence-corrected chi connectivity index (χ4v) is 7.05. The number of aromatic nitrogens is 6. The second-order valence-corrected chi connectivity index (χ2v) is 15.0. The predicted molar refractivity (Wildman–Crippen MR) is 179 cm³/mol. The number of rotatable bonds is 9. The highest BCUT2D eigenvalue weighted by atomic mass is 79.9. The number of anilines is 5. The molecule has 45 heavy (non-hydrogen) atoms. The fraction of sp³-hybridized carbons (Fsp3) is 0.300. The topological polar surface area (TPSA) is 152 Å². The van der Waals surface area contributed by atoms with Gasteiger partial charge in [0.15, 0.2) is 0 Å². The third-order valence-corrected chi connectivity index (χ3v) is 9.52. The van der Waals surface area contributed by atoms with Crippen molar-refractivity contribution >= 4 is 68.2 Å². The number of methoxy groups -OCH3 is 1. The average molecular weight is 695 g/mol. The lowest BCUT2D eigenvalue weighted by molar-refractivity contribution is 0.00359. The normalized spacial score (nSPS) is 15.3. The molecule has 1 saturated heterocycles. The van der Waals surface area contributed by atoms with Crippen molar-refractivity contribution in [3.8, 4) is 16.9 Å². The number of halogens is 1. The molecule has 234 valence electrons. The molecule has 0 amide bonds. The first-order chi connectivity index (χ1) is 21.6. The van der Waals surface area contributed by atoms with Crippen LogP contribution in [0.4, 0.5) is 28.8 Å². The van der Waals surface area contributed by atoms with E-state index in [4.69, 9.17) is 14.5 Å². The minimum atomic E-state index is -2.77. The quantitative estimate of drug-likeness (QED) is 0.186. The van der Waals surface area contributed by atoms with Crippen molar-refractivity contribution in [1.29, 1.82) is 0 Å². The number of nitrogens with one attached hydrogen (secondary N) is 2. The van der Waals surface area contributed by atoms with Crippen molar-refractivity contribution in [1.82, 2.24) is 29.7 Å². The maximum absolute atomic E-state index is 13.4. The molecule has 5 aromatic rings. The van der Waals surface area contributed by atoms with Gasteiger partial charge in [0.2, 0.25) is 5.95 Å². The molecule has 1 aliphatic rings. The second kappa shape index (κ2) is 12.7. The molecule has 1 unspecified atom stereocenters. The lowest BCUT2D eigenvalue weighted by Crippen LogP contribution is -2.44. The van der Waals surface area contributed by atoms with Crippen LogP contribution in [0, 0.1) is 0 Å². The molecule has 1 aliphatic heterocycles. The molecule has 15 heteroatoms. The first-order valence-corrected chi connectivity index (χ1v) is 17.6. The van der Waals surface area contributed by atoms with Crippen LogP contribution in [0.1, 0.15) is 0 Å². The molecule has 0 spiro atoms. The molecular weight excluding hydrogens is 661 g/mol. The number of aryl methyl sites for hydroxylation is 1. The van der Waals surface area contributed by atoms with Gasteiger partial charge in [0, 0.05) is 67.8 Å². The smallest absolute Gasteiger partial charge is 0.229 e. The van der Waals surface area contributed by atoms with Crippen LogP contribution in [0.3, 0.4) is 0 Å². The van der Waals surface area contributed by atoms with Crippen molar-refractivity contribution in [3.05, 3.63) is 59.7 Å². The van der Waals surface area contributed by atoms with Gasteiger partial charge in [-0.1, -0.05) is 0 Å². The van der Waals surface area contributed by atoms with Gasteiger partial charge in [-0.15, -0.1) is 0 Å². The van der Waals surface area contributed by atoms with Gasteiger partial charge < -0.3 is 34.7 Å². The zero-order valence-corrected chi connectivity index (χ0v) is 27.7. The van der Waals surface area contributed by atoms with E-state index in [2.05, 4.69) is 51.5 Å². The van der Waals surface area contributed by atoms with Gasteiger partial charge in [0.05, 0.1) is 59.3 Å². The highest BCUT2D eigenvalue weighted by Gasteiger charge is 2.26. The summed E-state index contributed by atoms with van der Waals surface area (Å²) < 4.78 is 27.3. The summed E-state index contributed by atoms with van der Waals surface area (Å²) in [4.78, 5) is 20.3. The largest absolute Gasteiger partial charge is 0.494 e. The lowest BCUT2D eigenvalue weighted by atomic mass is 10.0. The summed E-state index contributed by atoms with van der Waals surface area (Å²) in [6.07, 6.45) is 8.32. The predicted octanol–water partition coefficient (Wildman–Crippen LogP) is 4.52. The Morgan fingerprint density at radius 2 is 1.96 bits per heavy atom. The molecule has 0 bridgehead atoms. The number of morpholine rings is 1. The number of ether oxygens (including phenoxy) is 2. The van der Waals surface area contributed by atoms with E-state index < -0.39 is 7.14 Å². The van der Waals surface area contributed by atoms with E-state index in [0.29, 0.717) is 69.4 Å². The monoisotopic (exact) mass is 693 g/mol. The van der Waals surface area contributed by atoms with Crippen LogP contribution in [0.5, 0.6) is 5.75 Å². The van der Waals surface area contributed by atoms with Crippen LogP contribution in [-0.2, 0) is 16.3 Å². The van der Waals surface area contributed by atoms with Crippen LogP contribution in [0.15, 0.2) is 59.7 Å².